The maximum Gasteiger partial charge on any atom is 0.228 e. The molecule has 1 aliphatic heterocycles. The molecule has 7 heteroatoms. The highest BCUT2D eigenvalue weighted by molar-refractivity contribution is 5.91. The average Bonchev–Trinajstić information content (AvgIpc) is 2.54. The molecule has 0 saturated carbocycles. The van der Waals surface area contributed by atoms with Gasteiger partial charge in [0.1, 0.15) is 5.82 Å². The summed E-state index contributed by atoms with van der Waals surface area (Å²) in [7, 11) is 4.10. The highest BCUT2D eigenvalue weighted by Gasteiger charge is 2.21. The van der Waals surface area contributed by atoms with Gasteiger partial charge in [-0.15, -0.1) is 10.2 Å². The lowest BCUT2D eigenvalue weighted by Gasteiger charge is -2.20. The van der Waals surface area contributed by atoms with Crippen LogP contribution in [0.3, 0.4) is 0 Å². The summed E-state index contributed by atoms with van der Waals surface area (Å²) in [6.45, 7) is 3.18. The molecule has 0 radical (unpaired) electrons. The summed E-state index contributed by atoms with van der Waals surface area (Å²) in [5, 5.41) is 14.2. The molecule has 1 fully saturated rings. The summed E-state index contributed by atoms with van der Waals surface area (Å²) in [5.74, 6) is 1.24. The van der Waals surface area contributed by atoms with Gasteiger partial charge in [-0.1, -0.05) is 0 Å². The van der Waals surface area contributed by atoms with Crippen LogP contribution < -0.4 is 10.6 Å². The topological polar surface area (TPSA) is 79.4 Å². The predicted octanol–water partition coefficient (Wildman–Crippen LogP) is 1.21. The molecule has 0 bridgehead atoms. The molecule has 22 heavy (non-hydrogen) atoms. The number of nitrogens with zero attached hydrogens (tertiary/aromatic N) is 3. The molecule has 7 nitrogen and oxygen atoms in total. The third kappa shape index (κ3) is 5.57. The largest absolute Gasteiger partial charge is 0.381 e. The van der Waals surface area contributed by atoms with Crippen LogP contribution in [-0.2, 0) is 9.53 Å². The molecule has 0 spiro atoms. The van der Waals surface area contributed by atoms with Crippen molar-refractivity contribution in [2.45, 2.75) is 19.3 Å². The van der Waals surface area contributed by atoms with E-state index in [0.29, 0.717) is 19.0 Å². The van der Waals surface area contributed by atoms with Gasteiger partial charge in [0.25, 0.3) is 0 Å². The predicted molar refractivity (Wildman–Crippen MR) is 85.9 cm³/mol. The van der Waals surface area contributed by atoms with Gasteiger partial charge in [-0.05, 0) is 52.0 Å². The maximum absolute atomic E-state index is 12.1. The first-order chi connectivity index (χ1) is 10.6. The van der Waals surface area contributed by atoms with Crippen LogP contribution in [-0.4, -0.2) is 61.4 Å². The van der Waals surface area contributed by atoms with E-state index in [4.69, 9.17) is 4.74 Å². The van der Waals surface area contributed by atoms with E-state index < -0.39 is 0 Å². The second-order valence-electron chi connectivity index (χ2n) is 5.76. The molecule has 1 aliphatic rings. The fraction of sp³-hybridized carbons (Fsp3) is 0.667. The smallest absolute Gasteiger partial charge is 0.228 e. The van der Waals surface area contributed by atoms with E-state index in [-0.39, 0.29) is 11.8 Å². The molecule has 0 unspecified atom stereocenters. The Kier molecular flexibility index (Phi) is 6.54. The zero-order chi connectivity index (χ0) is 15.8. The normalized spacial score (nSPS) is 15.8. The number of nitrogens with one attached hydrogen (secondary N) is 2. The number of ether oxygens (including phenoxy) is 1. The molecular weight excluding hydrogens is 282 g/mol. The standard InChI is InChI=1S/C15H25N5O2/c1-20(2)9-3-8-16-13-4-5-14(19-18-13)17-15(21)12-6-10-22-11-7-12/h4-5,12H,3,6-11H2,1-2H3,(H,16,18)(H,17,19,21). The van der Waals surface area contributed by atoms with Gasteiger partial charge in [-0.2, -0.15) is 0 Å². The summed E-state index contributed by atoms with van der Waals surface area (Å²) in [6.07, 6.45) is 2.58. The Hall–Kier alpha value is -1.73. The van der Waals surface area contributed by atoms with Crippen molar-refractivity contribution in [3.05, 3.63) is 12.1 Å². The van der Waals surface area contributed by atoms with Crippen molar-refractivity contribution >= 4 is 17.5 Å². The molecule has 2 N–H and O–H groups in total. The Balaban J connectivity index is 1.75. The first-order valence-corrected chi connectivity index (χ1v) is 7.76. The fourth-order valence-corrected chi connectivity index (χ4v) is 2.29. The quantitative estimate of drug-likeness (QED) is 0.737. The molecule has 0 atom stereocenters. The molecule has 1 aromatic rings. The van der Waals surface area contributed by atoms with Crippen LogP contribution in [0.5, 0.6) is 0 Å². The summed E-state index contributed by atoms with van der Waals surface area (Å²) in [5.41, 5.74) is 0. The number of carbonyl (C=O) groups excluding carboxylic acids is 1. The number of amides is 1. The molecular formula is C15H25N5O2. The number of anilines is 2. The van der Waals surface area contributed by atoms with Crippen molar-refractivity contribution in [2.75, 3.05) is 51.0 Å². The van der Waals surface area contributed by atoms with Crippen LogP contribution in [0.25, 0.3) is 0 Å². The Morgan fingerprint density at radius 2 is 1.95 bits per heavy atom. The average molecular weight is 307 g/mol. The molecule has 1 aromatic heterocycles. The van der Waals surface area contributed by atoms with Gasteiger partial charge in [-0.3, -0.25) is 4.79 Å². The first kappa shape index (κ1) is 16.6. The lowest BCUT2D eigenvalue weighted by Crippen LogP contribution is -2.28. The van der Waals surface area contributed by atoms with Crippen LogP contribution in [0, 0.1) is 5.92 Å². The second kappa shape index (κ2) is 8.65. The minimum atomic E-state index is 0.00397. The first-order valence-electron chi connectivity index (χ1n) is 7.76. The van der Waals surface area contributed by atoms with Gasteiger partial charge < -0.3 is 20.3 Å². The molecule has 122 valence electrons. The third-order valence-electron chi connectivity index (χ3n) is 3.60. The third-order valence-corrected chi connectivity index (χ3v) is 3.60. The van der Waals surface area contributed by atoms with E-state index in [1.54, 1.807) is 6.07 Å². The lowest BCUT2D eigenvalue weighted by atomic mass is 9.99. The number of hydrogen-bond donors (Lipinski definition) is 2. The van der Waals surface area contributed by atoms with Gasteiger partial charge in [0.15, 0.2) is 5.82 Å². The van der Waals surface area contributed by atoms with E-state index in [2.05, 4.69) is 39.8 Å². The molecule has 2 rings (SSSR count). The van der Waals surface area contributed by atoms with Gasteiger partial charge in [0, 0.05) is 25.7 Å². The molecule has 2 heterocycles. The van der Waals surface area contributed by atoms with Crippen molar-refractivity contribution in [1.82, 2.24) is 15.1 Å². The van der Waals surface area contributed by atoms with Gasteiger partial charge >= 0.3 is 0 Å². The second-order valence-corrected chi connectivity index (χ2v) is 5.76. The summed E-state index contributed by atoms with van der Waals surface area (Å²) >= 11 is 0. The molecule has 0 aliphatic carbocycles. The highest BCUT2D eigenvalue weighted by Crippen LogP contribution is 2.16. The highest BCUT2D eigenvalue weighted by atomic mass is 16.5. The van der Waals surface area contributed by atoms with Gasteiger partial charge in [0.05, 0.1) is 0 Å². The Morgan fingerprint density at radius 3 is 2.59 bits per heavy atom. The van der Waals surface area contributed by atoms with Crippen LogP contribution in [0.2, 0.25) is 0 Å². The van der Waals surface area contributed by atoms with E-state index in [0.717, 1.165) is 38.2 Å². The molecule has 1 amide bonds. The monoisotopic (exact) mass is 307 g/mol. The van der Waals surface area contributed by atoms with Crippen molar-refractivity contribution in [1.29, 1.82) is 0 Å². The van der Waals surface area contributed by atoms with Gasteiger partial charge in [-0.25, -0.2) is 0 Å². The SMILES string of the molecule is CN(C)CCCNc1ccc(NC(=O)C2CCOCC2)nn1. The van der Waals surface area contributed by atoms with Gasteiger partial charge in [0.2, 0.25) is 5.91 Å². The lowest BCUT2D eigenvalue weighted by molar-refractivity contribution is -0.122. The number of hydrogen-bond acceptors (Lipinski definition) is 6. The van der Waals surface area contributed by atoms with Crippen molar-refractivity contribution in [3.8, 4) is 0 Å². The Morgan fingerprint density at radius 1 is 1.27 bits per heavy atom. The zero-order valence-corrected chi connectivity index (χ0v) is 13.3. The number of aromatic nitrogens is 2. The zero-order valence-electron chi connectivity index (χ0n) is 13.3. The Labute approximate surface area is 131 Å². The number of carbonyl (C=O) groups is 1. The molecule has 0 aromatic carbocycles. The minimum Gasteiger partial charge on any atom is -0.381 e. The summed E-state index contributed by atoms with van der Waals surface area (Å²) in [4.78, 5) is 14.2. The Bertz CT molecular complexity index is 458. The van der Waals surface area contributed by atoms with Crippen LogP contribution >= 0.6 is 0 Å². The maximum atomic E-state index is 12.1. The van der Waals surface area contributed by atoms with E-state index in [1.165, 1.54) is 0 Å². The molecule has 1 saturated heterocycles. The summed E-state index contributed by atoms with van der Waals surface area (Å²) in [6, 6.07) is 3.61. The van der Waals surface area contributed by atoms with E-state index in [1.807, 2.05) is 6.07 Å². The van der Waals surface area contributed by atoms with Crippen molar-refractivity contribution < 1.29 is 9.53 Å². The fourth-order valence-electron chi connectivity index (χ4n) is 2.29. The summed E-state index contributed by atoms with van der Waals surface area (Å²) < 4.78 is 5.26. The van der Waals surface area contributed by atoms with E-state index in [9.17, 15) is 4.79 Å². The van der Waals surface area contributed by atoms with Crippen LogP contribution in [0.1, 0.15) is 19.3 Å². The van der Waals surface area contributed by atoms with Crippen molar-refractivity contribution in [3.63, 3.8) is 0 Å². The van der Waals surface area contributed by atoms with E-state index >= 15 is 0 Å². The minimum absolute atomic E-state index is 0.00397. The van der Waals surface area contributed by atoms with Crippen LogP contribution in [0.15, 0.2) is 12.1 Å². The number of rotatable bonds is 7. The van der Waals surface area contributed by atoms with Crippen LogP contribution in [0.4, 0.5) is 11.6 Å². The van der Waals surface area contributed by atoms with Crippen molar-refractivity contribution in [2.24, 2.45) is 5.92 Å².